The van der Waals surface area contributed by atoms with Crippen molar-refractivity contribution in [3.63, 3.8) is 0 Å². The van der Waals surface area contributed by atoms with Gasteiger partial charge in [-0.3, -0.25) is 4.79 Å². The van der Waals surface area contributed by atoms with Crippen molar-refractivity contribution < 1.29 is 13.9 Å². The third kappa shape index (κ3) is 5.09. The smallest absolute Gasteiger partial charge is 0.270 e. The summed E-state index contributed by atoms with van der Waals surface area (Å²) in [6.07, 6.45) is 0. The van der Waals surface area contributed by atoms with E-state index in [4.69, 9.17) is 16.3 Å². The molecule has 0 saturated carbocycles. The van der Waals surface area contributed by atoms with Crippen molar-refractivity contribution in [1.82, 2.24) is 10.3 Å². The summed E-state index contributed by atoms with van der Waals surface area (Å²) in [4.78, 5) is 16.6. The summed E-state index contributed by atoms with van der Waals surface area (Å²) in [5.41, 5.74) is 1.53. The molecule has 1 heterocycles. The molecular formula is C21H20ClFN2O2S. The molecule has 3 rings (SSSR count). The molecule has 3 aromatic rings. The lowest BCUT2D eigenvalue weighted by molar-refractivity contribution is 0.0945. The van der Waals surface area contributed by atoms with Gasteiger partial charge in [-0.05, 0) is 30.2 Å². The largest absolute Gasteiger partial charge is 0.489 e. The Kier molecular flexibility index (Phi) is 6.65. The fraction of sp³-hybridized carbons (Fsp3) is 0.238. The lowest BCUT2D eigenvalue weighted by Gasteiger charge is -2.09. The number of aromatic nitrogens is 1. The Balaban J connectivity index is 1.71. The number of rotatable bonds is 7. The van der Waals surface area contributed by atoms with Gasteiger partial charge < -0.3 is 10.1 Å². The summed E-state index contributed by atoms with van der Waals surface area (Å²) in [5, 5.41) is 5.63. The van der Waals surface area contributed by atoms with Crippen molar-refractivity contribution in [2.24, 2.45) is 5.92 Å². The van der Waals surface area contributed by atoms with Gasteiger partial charge in [0.05, 0.1) is 5.02 Å². The number of nitrogens with one attached hydrogen (secondary N) is 1. The third-order valence-electron chi connectivity index (χ3n) is 3.93. The molecule has 0 aliphatic rings. The van der Waals surface area contributed by atoms with Crippen LogP contribution < -0.4 is 10.1 Å². The predicted octanol–water partition coefficient (Wildman–Crippen LogP) is 5.57. The molecule has 0 fully saturated rings. The lowest BCUT2D eigenvalue weighted by Crippen LogP contribution is -2.27. The molecule has 0 atom stereocenters. The fourth-order valence-corrected chi connectivity index (χ4v) is 3.46. The molecule has 1 aromatic heterocycles. The number of hydrogen-bond donors (Lipinski definition) is 1. The second-order valence-electron chi connectivity index (χ2n) is 6.66. The molecule has 0 radical (unpaired) electrons. The van der Waals surface area contributed by atoms with Crippen molar-refractivity contribution in [3.05, 3.63) is 69.9 Å². The number of carbonyl (C=O) groups is 1. The molecule has 2 aromatic carbocycles. The maximum atomic E-state index is 13.9. The van der Waals surface area contributed by atoms with E-state index in [1.54, 1.807) is 23.6 Å². The Hall–Kier alpha value is -2.44. The quantitative estimate of drug-likeness (QED) is 0.545. The zero-order valence-electron chi connectivity index (χ0n) is 15.5. The van der Waals surface area contributed by atoms with Gasteiger partial charge in [0.15, 0.2) is 0 Å². The summed E-state index contributed by atoms with van der Waals surface area (Å²) in [6.45, 7) is 4.70. The highest BCUT2D eigenvalue weighted by Crippen LogP contribution is 2.28. The maximum absolute atomic E-state index is 13.9. The Bertz CT molecular complexity index is 954. The van der Waals surface area contributed by atoms with Crippen LogP contribution in [-0.2, 0) is 6.61 Å². The molecule has 1 amide bonds. The Morgan fingerprint density at radius 2 is 2.07 bits per heavy atom. The van der Waals surface area contributed by atoms with E-state index in [0.29, 0.717) is 39.5 Å². The van der Waals surface area contributed by atoms with Crippen molar-refractivity contribution in [3.8, 4) is 16.3 Å². The van der Waals surface area contributed by atoms with Crippen LogP contribution in [0.5, 0.6) is 5.75 Å². The van der Waals surface area contributed by atoms with Gasteiger partial charge in [0.1, 0.15) is 28.9 Å². The molecule has 0 aliphatic carbocycles. The second-order valence-corrected chi connectivity index (χ2v) is 7.92. The average Bonchev–Trinajstić information content (AvgIpc) is 3.16. The van der Waals surface area contributed by atoms with Gasteiger partial charge in [-0.25, -0.2) is 9.37 Å². The van der Waals surface area contributed by atoms with E-state index in [1.165, 1.54) is 17.4 Å². The van der Waals surface area contributed by atoms with Crippen LogP contribution in [0, 0.1) is 11.7 Å². The first-order chi connectivity index (χ1) is 13.4. The number of benzene rings is 2. The van der Waals surface area contributed by atoms with Crippen LogP contribution >= 0.6 is 22.9 Å². The van der Waals surface area contributed by atoms with E-state index in [0.717, 1.165) is 5.56 Å². The fourth-order valence-electron chi connectivity index (χ4n) is 2.44. The first kappa shape index (κ1) is 20.3. The van der Waals surface area contributed by atoms with Gasteiger partial charge in [-0.2, -0.15) is 0 Å². The molecule has 4 nitrogen and oxygen atoms in total. The number of hydrogen-bond acceptors (Lipinski definition) is 4. The number of amides is 1. The van der Waals surface area contributed by atoms with Crippen LogP contribution in [0.4, 0.5) is 4.39 Å². The van der Waals surface area contributed by atoms with Crippen molar-refractivity contribution >= 4 is 28.8 Å². The average molecular weight is 419 g/mol. The second kappa shape index (κ2) is 9.17. The highest BCUT2D eigenvalue weighted by Gasteiger charge is 2.13. The minimum absolute atomic E-state index is 0.0235. The number of thiazole rings is 1. The van der Waals surface area contributed by atoms with Crippen LogP contribution in [-0.4, -0.2) is 17.4 Å². The van der Waals surface area contributed by atoms with Gasteiger partial charge in [-0.1, -0.05) is 43.6 Å². The Morgan fingerprint density at radius 1 is 1.29 bits per heavy atom. The highest BCUT2D eigenvalue weighted by molar-refractivity contribution is 7.13. The topological polar surface area (TPSA) is 51.2 Å². The molecule has 0 aliphatic heterocycles. The number of halogens is 2. The molecule has 0 spiro atoms. The minimum Gasteiger partial charge on any atom is -0.489 e. The minimum atomic E-state index is -0.402. The van der Waals surface area contributed by atoms with Gasteiger partial charge >= 0.3 is 0 Å². The van der Waals surface area contributed by atoms with Gasteiger partial charge in [0.25, 0.3) is 5.91 Å². The highest BCUT2D eigenvalue weighted by atomic mass is 35.5. The lowest BCUT2D eigenvalue weighted by atomic mass is 10.2. The SMILES string of the molecule is CC(C)CNC(=O)c1csc(-c2cccc(OCc3c(F)cccc3Cl)c2)n1. The standard InChI is InChI=1S/C21H20ClFN2O2S/c1-13(2)10-24-20(26)19-12-28-21(25-19)14-5-3-6-15(9-14)27-11-16-17(22)7-4-8-18(16)23/h3-9,12-13H,10-11H2,1-2H3,(H,24,26). The molecule has 0 bridgehead atoms. The van der Waals surface area contributed by atoms with Crippen LogP contribution in [0.1, 0.15) is 29.9 Å². The van der Waals surface area contributed by atoms with Gasteiger partial charge in [0, 0.05) is 23.1 Å². The molecule has 0 saturated heterocycles. The van der Waals surface area contributed by atoms with E-state index in [9.17, 15) is 9.18 Å². The van der Waals surface area contributed by atoms with Gasteiger partial charge in [-0.15, -0.1) is 11.3 Å². The van der Waals surface area contributed by atoms with E-state index in [2.05, 4.69) is 10.3 Å². The zero-order chi connectivity index (χ0) is 20.1. The van der Waals surface area contributed by atoms with Gasteiger partial charge in [0.2, 0.25) is 0 Å². The summed E-state index contributed by atoms with van der Waals surface area (Å²) in [7, 11) is 0. The van der Waals surface area contributed by atoms with E-state index >= 15 is 0 Å². The van der Waals surface area contributed by atoms with E-state index in [1.807, 2.05) is 32.0 Å². The Labute approximate surface area is 172 Å². The molecule has 28 heavy (non-hydrogen) atoms. The molecule has 0 unspecified atom stereocenters. The summed E-state index contributed by atoms with van der Waals surface area (Å²) in [5.74, 6) is 0.357. The zero-order valence-corrected chi connectivity index (χ0v) is 17.1. The van der Waals surface area contributed by atoms with E-state index in [-0.39, 0.29) is 12.5 Å². The number of carbonyl (C=O) groups excluding carboxylic acids is 1. The first-order valence-corrected chi connectivity index (χ1v) is 10.1. The molecule has 7 heteroatoms. The molecule has 146 valence electrons. The van der Waals surface area contributed by atoms with Crippen molar-refractivity contribution in [2.75, 3.05) is 6.54 Å². The monoisotopic (exact) mass is 418 g/mol. The van der Waals surface area contributed by atoms with Crippen LogP contribution in [0.25, 0.3) is 10.6 Å². The van der Waals surface area contributed by atoms with Crippen LogP contribution in [0.3, 0.4) is 0 Å². The summed E-state index contributed by atoms with van der Waals surface area (Å²) >= 11 is 7.42. The molecular weight excluding hydrogens is 399 g/mol. The molecule has 1 N–H and O–H groups in total. The van der Waals surface area contributed by atoms with E-state index < -0.39 is 5.82 Å². The maximum Gasteiger partial charge on any atom is 0.270 e. The predicted molar refractivity (Wildman–Crippen MR) is 110 cm³/mol. The summed E-state index contributed by atoms with van der Waals surface area (Å²) < 4.78 is 19.6. The Morgan fingerprint density at radius 3 is 2.82 bits per heavy atom. The third-order valence-corrected chi connectivity index (χ3v) is 5.18. The normalized spacial score (nSPS) is 10.9. The summed E-state index contributed by atoms with van der Waals surface area (Å²) in [6, 6.07) is 11.8. The van der Waals surface area contributed by atoms with Crippen molar-refractivity contribution in [1.29, 1.82) is 0 Å². The van der Waals surface area contributed by atoms with Crippen LogP contribution in [0.2, 0.25) is 5.02 Å². The number of ether oxygens (including phenoxy) is 1. The number of nitrogens with zero attached hydrogens (tertiary/aromatic N) is 1. The van der Waals surface area contributed by atoms with Crippen molar-refractivity contribution in [2.45, 2.75) is 20.5 Å². The van der Waals surface area contributed by atoms with Crippen LogP contribution in [0.15, 0.2) is 47.8 Å². The first-order valence-electron chi connectivity index (χ1n) is 8.84.